The van der Waals surface area contributed by atoms with E-state index in [1.165, 1.54) is 17.8 Å². The number of carbonyl (C=O) groups is 2. The summed E-state index contributed by atoms with van der Waals surface area (Å²) in [6, 6.07) is 8.91. The lowest BCUT2D eigenvalue weighted by atomic mass is 9.95. The fourth-order valence-corrected chi connectivity index (χ4v) is 5.21. The van der Waals surface area contributed by atoms with Crippen molar-refractivity contribution in [1.29, 1.82) is 0 Å². The van der Waals surface area contributed by atoms with E-state index >= 15 is 0 Å². The second-order valence-electron chi connectivity index (χ2n) is 7.37. The minimum atomic E-state index is -0.0110. The van der Waals surface area contributed by atoms with Crippen LogP contribution >= 0.6 is 11.3 Å². The summed E-state index contributed by atoms with van der Waals surface area (Å²) >= 11 is 1.51. The van der Waals surface area contributed by atoms with E-state index in [2.05, 4.69) is 10.6 Å². The zero-order chi connectivity index (χ0) is 17.0. The van der Waals surface area contributed by atoms with Gasteiger partial charge in [0, 0.05) is 41.5 Å². The summed E-state index contributed by atoms with van der Waals surface area (Å²) in [6.45, 7) is 1.72. The van der Waals surface area contributed by atoms with Gasteiger partial charge in [0.1, 0.15) is 0 Å². The van der Waals surface area contributed by atoms with Crippen molar-refractivity contribution in [2.45, 2.75) is 43.8 Å². The monoisotopic (exact) mass is 355 g/mol. The number of thiophene rings is 1. The zero-order valence-corrected chi connectivity index (χ0v) is 14.8. The molecular weight excluding hydrogens is 334 g/mol. The molecule has 1 aromatic heterocycles. The standard InChI is InChI=1S/C19H21N3O2S/c23-18(21-15-10-13-3-4-14(15)20-13)11-2-5-16-12(8-11)9-17(25-16)19(24)22-6-1-7-22/h2,5,8-9,13-15,20H,1,3-4,6-7,10H2,(H,21,23)/t13-,14+,15-/m1/s1. The molecule has 0 aliphatic carbocycles. The van der Waals surface area contributed by atoms with Crippen molar-refractivity contribution in [1.82, 2.24) is 15.5 Å². The van der Waals surface area contributed by atoms with E-state index < -0.39 is 0 Å². The molecule has 4 heterocycles. The molecule has 3 fully saturated rings. The molecule has 0 spiro atoms. The predicted octanol–water partition coefficient (Wildman–Crippen LogP) is 2.37. The fourth-order valence-electron chi connectivity index (χ4n) is 4.20. The molecule has 2 bridgehead atoms. The molecule has 1 aromatic carbocycles. The number of amides is 2. The van der Waals surface area contributed by atoms with Crippen molar-refractivity contribution in [3.8, 4) is 0 Å². The first kappa shape index (κ1) is 15.3. The minimum absolute atomic E-state index is 0.0110. The van der Waals surface area contributed by atoms with Crippen molar-refractivity contribution >= 4 is 33.2 Å². The number of likely N-dealkylation sites (tertiary alicyclic amines) is 1. The first-order valence-electron chi connectivity index (χ1n) is 9.07. The van der Waals surface area contributed by atoms with Crippen molar-refractivity contribution < 1.29 is 9.59 Å². The van der Waals surface area contributed by atoms with E-state index in [1.54, 1.807) is 0 Å². The third kappa shape index (κ3) is 2.64. The van der Waals surface area contributed by atoms with Crippen molar-refractivity contribution in [2.75, 3.05) is 13.1 Å². The number of benzene rings is 1. The second kappa shape index (κ2) is 5.81. The Hall–Kier alpha value is -1.92. The third-order valence-corrected chi connectivity index (χ3v) is 6.85. The SMILES string of the molecule is O=C(N[C@@H]1C[C@H]2CC[C@@H]1N2)c1ccc2sc(C(=O)N3CCC3)cc2c1. The lowest BCUT2D eigenvalue weighted by Crippen LogP contribution is -2.42. The normalized spacial score (nSPS) is 27.5. The smallest absolute Gasteiger partial charge is 0.263 e. The van der Waals surface area contributed by atoms with Crippen molar-refractivity contribution in [3.05, 3.63) is 34.7 Å². The van der Waals surface area contributed by atoms with E-state index in [1.807, 2.05) is 29.2 Å². The van der Waals surface area contributed by atoms with Gasteiger partial charge in [0.2, 0.25) is 0 Å². The van der Waals surface area contributed by atoms with Gasteiger partial charge in [0.25, 0.3) is 11.8 Å². The van der Waals surface area contributed by atoms with Crippen LogP contribution in [0.25, 0.3) is 10.1 Å². The highest BCUT2D eigenvalue weighted by Gasteiger charge is 2.39. The van der Waals surface area contributed by atoms with Crippen LogP contribution < -0.4 is 10.6 Å². The van der Waals surface area contributed by atoms with Crippen LogP contribution in [0.5, 0.6) is 0 Å². The molecule has 5 rings (SSSR count). The van der Waals surface area contributed by atoms with Crippen molar-refractivity contribution in [2.24, 2.45) is 0 Å². The third-order valence-electron chi connectivity index (χ3n) is 5.75. The average Bonchev–Trinajstić information content (AvgIpc) is 3.27. The molecule has 2 amide bonds. The van der Waals surface area contributed by atoms with Gasteiger partial charge >= 0.3 is 0 Å². The number of hydrogen-bond donors (Lipinski definition) is 2. The van der Waals surface area contributed by atoms with Gasteiger partial charge in [0.15, 0.2) is 0 Å². The number of fused-ring (bicyclic) bond motifs is 3. The Kier molecular flexibility index (Phi) is 3.57. The van der Waals surface area contributed by atoms with Gasteiger partial charge in [-0.1, -0.05) is 0 Å². The van der Waals surface area contributed by atoms with Crippen LogP contribution in [0.1, 0.15) is 45.7 Å². The number of carbonyl (C=O) groups excluding carboxylic acids is 2. The summed E-state index contributed by atoms with van der Waals surface area (Å²) in [4.78, 5) is 27.6. The van der Waals surface area contributed by atoms with Crippen LogP contribution in [-0.2, 0) is 0 Å². The van der Waals surface area contributed by atoms with Gasteiger partial charge < -0.3 is 15.5 Å². The van der Waals surface area contributed by atoms with Crippen LogP contribution in [0.2, 0.25) is 0 Å². The van der Waals surface area contributed by atoms with Crippen molar-refractivity contribution in [3.63, 3.8) is 0 Å². The van der Waals surface area contributed by atoms with Gasteiger partial charge in [-0.05, 0) is 55.3 Å². The molecule has 3 aliphatic rings. The van der Waals surface area contributed by atoms with Gasteiger partial charge in [-0.15, -0.1) is 11.3 Å². The Labute approximate surface area is 150 Å². The Bertz CT molecular complexity index is 857. The summed E-state index contributed by atoms with van der Waals surface area (Å²) in [7, 11) is 0. The molecule has 3 atom stereocenters. The van der Waals surface area contributed by atoms with Gasteiger partial charge in [-0.3, -0.25) is 9.59 Å². The van der Waals surface area contributed by atoms with Crippen LogP contribution in [0.4, 0.5) is 0 Å². The molecule has 0 unspecified atom stereocenters. The largest absolute Gasteiger partial charge is 0.348 e. The van der Waals surface area contributed by atoms with Crippen LogP contribution in [0, 0.1) is 0 Å². The number of rotatable bonds is 3. The highest BCUT2D eigenvalue weighted by Crippen LogP contribution is 2.30. The summed E-state index contributed by atoms with van der Waals surface area (Å²) < 4.78 is 1.06. The lowest BCUT2D eigenvalue weighted by Gasteiger charge is -2.30. The molecule has 2 N–H and O–H groups in total. The number of nitrogens with zero attached hydrogens (tertiary/aromatic N) is 1. The van der Waals surface area contributed by atoms with E-state index in [0.29, 0.717) is 17.6 Å². The summed E-state index contributed by atoms with van der Waals surface area (Å²) in [5.74, 6) is 0.106. The highest BCUT2D eigenvalue weighted by molar-refractivity contribution is 7.20. The molecule has 25 heavy (non-hydrogen) atoms. The van der Waals surface area contributed by atoms with E-state index in [9.17, 15) is 9.59 Å². The molecule has 6 heteroatoms. The maximum Gasteiger partial charge on any atom is 0.263 e. The predicted molar refractivity (Wildman–Crippen MR) is 98.2 cm³/mol. The first-order valence-corrected chi connectivity index (χ1v) is 9.89. The molecule has 130 valence electrons. The van der Waals surface area contributed by atoms with E-state index in [4.69, 9.17) is 0 Å². The molecular formula is C19H21N3O2S. The fraction of sp³-hybridized carbons (Fsp3) is 0.474. The zero-order valence-electron chi connectivity index (χ0n) is 14.0. The van der Waals surface area contributed by atoms with Crippen LogP contribution in [0.15, 0.2) is 24.3 Å². The summed E-state index contributed by atoms with van der Waals surface area (Å²) in [5, 5.41) is 7.71. The number of nitrogens with one attached hydrogen (secondary N) is 2. The average molecular weight is 355 g/mol. The van der Waals surface area contributed by atoms with Crippen LogP contribution in [-0.4, -0.2) is 47.9 Å². The molecule has 3 saturated heterocycles. The van der Waals surface area contributed by atoms with Gasteiger partial charge in [-0.25, -0.2) is 0 Å². The Morgan fingerprint density at radius 2 is 2.08 bits per heavy atom. The Morgan fingerprint density at radius 1 is 1.20 bits per heavy atom. The second-order valence-corrected chi connectivity index (χ2v) is 8.46. The van der Waals surface area contributed by atoms with E-state index in [0.717, 1.165) is 47.3 Å². The first-order chi connectivity index (χ1) is 12.2. The summed E-state index contributed by atoms with van der Waals surface area (Å²) in [6.07, 6.45) is 4.51. The van der Waals surface area contributed by atoms with E-state index in [-0.39, 0.29) is 17.9 Å². The minimum Gasteiger partial charge on any atom is -0.348 e. The number of hydrogen-bond acceptors (Lipinski definition) is 4. The molecule has 5 nitrogen and oxygen atoms in total. The maximum atomic E-state index is 12.6. The maximum absolute atomic E-state index is 12.6. The Balaban J connectivity index is 1.34. The van der Waals surface area contributed by atoms with Gasteiger partial charge in [0.05, 0.1) is 4.88 Å². The topological polar surface area (TPSA) is 61.4 Å². The summed E-state index contributed by atoms with van der Waals surface area (Å²) in [5.41, 5.74) is 0.677. The highest BCUT2D eigenvalue weighted by atomic mass is 32.1. The Morgan fingerprint density at radius 3 is 2.76 bits per heavy atom. The van der Waals surface area contributed by atoms with Crippen LogP contribution in [0.3, 0.4) is 0 Å². The molecule has 3 aliphatic heterocycles. The molecule has 0 radical (unpaired) electrons. The molecule has 2 aromatic rings. The van der Waals surface area contributed by atoms with Gasteiger partial charge in [-0.2, -0.15) is 0 Å². The lowest BCUT2D eigenvalue weighted by molar-refractivity contribution is 0.0657. The quantitative estimate of drug-likeness (QED) is 0.889. The molecule has 0 saturated carbocycles.